The van der Waals surface area contributed by atoms with E-state index in [0.717, 1.165) is 18.4 Å². The minimum atomic E-state index is -4.84. The molecule has 0 saturated carbocycles. The molecule has 0 spiro atoms. The van der Waals surface area contributed by atoms with E-state index in [-0.39, 0.29) is 13.0 Å². The molecule has 2 rings (SSSR count). The lowest BCUT2D eigenvalue weighted by Gasteiger charge is -2.32. The summed E-state index contributed by atoms with van der Waals surface area (Å²) in [5.41, 5.74) is -1.02. The molecule has 7 nitrogen and oxygen atoms in total. The SMILES string of the molecule is CCC(C(=O)NC)N(Cc1ccc(Cl)cc1)C(=O)CN(c1ccc(Cl)c(C(F)(F)F)c1)S(C)(=O)=O. The molecule has 0 aliphatic rings. The first-order valence-electron chi connectivity index (χ1n) is 10.3. The number of hydrogen-bond acceptors (Lipinski definition) is 4. The highest BCUT2D eigenvalue weighted by Crippen LogP contribution is 2.37. The van der Waals surface area contributed by atoms with Crippen molar-refractivity contribution in [2.24, 2.45) is 0 Å². The van der Waals surface area contributed by atoms with Gasteiger partial charge in [0.15, 0.2) is 0 Å². The van der Waals surface area contributed by atoms with Crippen molar-refractivity contribution in [2.75, 3.05) is 24.2 Å². The molecule has 0 aromatic heterocycles. The molecule has 0 aliphatic heterocycles. The fourth-order valence-electron chi connectivity index (χ4n) is 3.37. The standard InChI is InChI=1S/C22H24Cl2F3N3O4S/c1-4-19(21(32)28-2)29(12-14-5-7-15(23)8-6-14)20(31)13-30(35(3,33)34)16-9-10-18(24)17(11-16)22(25,26)27/h5-11,19H,4,12-13H2,1-3H3,(H,28,32). The van der Waals surface area contributed by atoms with Crippen LogP contribution >= 0.6 is 23.2 Å². The Bertz CT molecular complexity index is 1180. The molecular formula is C22H24Cl2F3N3O4S. The Morgan fingerprint density at radius 2 is 1.69 bits per heavy atom. The van der Waals surface area contributed by atoms with Gasteiger partial charge in [0.1, 0.15) is 12.6 Å². The van der Waals surface area contributed by atoms with Gasteiger partial charge < -0.3 is 10.2 Å². The number of nitrogens with zero attached hydrogens (tertiary/aromatic N) is 2. The van der Waals surface area contributed by atoms with Gasteiger partial charge in [0, 0.05) is 18.6 Å². The lowest BCUT2D eigenvalue weighted by Crippen LogP contribution is -2.51. The monoisotopic (exact) mass is 553 g/mol. The third-order valence-electron chi connectivity index (χ3n) is 5.12. The smallest absolute Gasteiger partial charge is 0.357 e. The van der Waals surface area contributed by atoms with Crippen molar-refractivity contribution < 1.29 is 31.2 Å². The van der Waals surface area contributed by atoms with Gasteiger partial charge in [-0.15, -0.1) is 0 Å². The Hall–Kier alpha value is -2.50. The molecule has 0 bridgehead atoms. The topological polar surface area (TPSA) is 86.8 Å². The fraction of sp³-hybridized carbons (Fsp3) is 0.364. The summed E-state index contributed by atoms with van der Waals surface area (Å²) in [7, 11) is -2.81. The van der Waals surface area contributed by atoms with Gasteiger partial charge in [-0.2, -0.15) is 13.2 Å². The van der Waals surface area contributed by atoms with Gasteiger partial charge in [0.25, 0.3) is 0 Å². The molecule has 0 radical (unpaired) electrons. The highest BCUT2D eigenvalue weighted by Gasteiger charge is 2.36. The maximum atomic E-state index is 13.4. The van der Waals surface area contributed by atoms with Crippen LogP contribution in [0.15, 0.2) is 42.5 Å². The number of sulfonamides is 1. The summed E-state index contributed by atoms with van der Waals surface area (Å²) in [6.07, 6.45) is -3.87. The molecule has 1 N–H and O–H groups in total. The van der Waals surface area contributed by atoms with Crippen LogP contribution in [0.4, 0.5) is 18.9 Å². The van der Waals surface area contributed by atoms with Gasteiger partial charge in [-0.05, 0) is 42.3 Å². The third kappa shape index (κ3) is 7.49. The van der Waals surface area contributed by atoms with E-state index < -0.39 is 56.9 Å². The molecule has 13 heteroatoms. The average molecular weight is 554 g/mol. The van der Waals surface area contributed by atoms with Crippen LogP contribution in [0.5, 0.6) is 0 Å². The number of rotatable bonds is 9. The van der Waals surface area contributed by atoms with E-state index in [1.54, 1.807) is 31.2 Å². The maximum Gasteiger partial charge on any atom is 0.417 e. The first-order valence-corrected chi connectivity index (χ1v) is 12.9. The first kappa shape index (κ1) is 28.7. The van der Waals surface area contributed by atoms with Crippen LogP contribution in [0.25, 0.3) is 0 Å². The Kier molecular flexibility index (Phi) is 9.43. The van der Waals surface area contributed by atoms with Gasteiger partial charge >= 0.3 is 6.18 Å². The van der Waals surface area contributed by atoms with Crippen LogP contribution in [0.1, 0.15) is 24.5 Å². The second kappa shape index (κ2) is 11.5. The molecule has 192 valence electrons. The van der Waals surface area contributed by atoms with Crippen molar-refractivity contribution >= 4 is 50.7 Å². The van der Waals surface area contributed by atoms with Crippen LogP contribution < -0.4 is 9.62 Å². The summed E-state index contributed by atoms with van der Waals surface area (Å²) in [6, 6.07) is 8.06. The zero-order chi connectivity index (χ0) is 26.6. The first-order chi connectivity index (χ1) is 16.2. The van der Waals surface area contributed by atoms with Crippen molar-refractivity contribution in [3.8, 4) is 0 Å². The fourth-order valence-corrected chi connectivity index (χ4v) is 4.56. The summed E-state index contributed by atoms with van der Waals surface area (Å²) < 4.78 is 65.6. The van der Waals surface area contributed by atoms with Crippen LogP contribution in [-0.2, 0) is 32.3 Å². The molecule has 1 unspecified atom stereocenters. The number of benzene rings is 2. The molecule has 0 heterocycles. The van der Waals surface area contributed by atoms with Crippen LogP contribution in [0.2, 0.25) is 10.0 Å². The van der Waals surface area contributed by atoms with Gasteiger partial charge in [-0.25, -0.2) is 8.42 Å². The second-order valence-electron chi connectivity index (χ2n) is 7.62. The van der Waals surface area contributed by atoms with E-state index >= 15 is 0 Å². The molecule has 0 saturated heterocycles. The number of anilines is 1. The Morgan fingerprint density at radius 3 is 2.17 bits per heavy atom. The van der Waals surface area contributed by atoms with E-state index in [9.17, 15) is 31.2 Å². The molecule has 0 aliphatic carbocycles. The predicted octanol–water partition coefficient (Wildman–Crippen LogP) is 4.33. The number of carbonyl (C=O) groups excluding carboxylic acids is 2. The Balaban J connectivity index is 2.50. The molecular weight excluding hydrogens is 530 g/mol. The third-order valence-corrected chi connectivity index (χ3v) is 6.84. The average Bonchev–Trinajstić information content (AvgIpc) is 2.77. The van der Waals surface area contributed by atoms with Gasteiger partial charge in [-0.3, -0.25) is 13.9 Å². The van der Waals surface area contributed by atoms with Crippen molar-refractivity contribution in [1.82, 2.24) is 10.2 Å². The lowest BCUT2D eigenvalue weighted by atomic mass is 10.1. The quantitative estimate of drug-likeness (QED) is 0.500. The largest absolute Gasteiger partial charge is 0.417 e. The molecule has 2 aromatic carbocycles. The number of alkyl halides is 3. The number of likely N-dealkylation sites (N-methyl/N-ethyl adjacent to an activating group) is 1. The Morgan fingerprint density at radius 1 is 1.09 bits per heavy atom. The summed E-state index contributed by atoms with van der Waals surface area (Å²) in [4.78, 5) is 27.0. The lowest BCUT2D eigenvalue weighted by molar-refractivity contribution is -0.140. The molecule has 35 heavy (non-hydrogen) atoms. The van der Waals surface area contributed by atoms with Gasteiger partial charge in [0.2, 0.25) is 21.8 Å². The summed E-state index contributed by atoms with van der Waals surface area (Å²) >= 11 is 11.6. The highest BCUT2D eigenvalue weighted by molar-refractivity contribution is 7.92. The molecule has 0 fully saturated rings. The van der Waals surface area contributed by atoms with E-state index in [1.807, 2.05) is 0 Å². The second-order valence-corrected chi connectivity index (χ2v) is 10.4. The van der Waals surface area contributed by atoms with Gasteiger partial charge in [0.05, 0.1) is 22.5 Å². The molecule has 2 aromatic rings. The predicted molar refractivity (Wildman–Crippen MR) is 129 cm³/mol. The normalized spacial score (nSPS) is 12.7. The van der Waals surface area contributed by atoms with Crippen molar-refractivity contribution in [3.05, 3.63) is 63.6 Å². The Labute approximate surface area is 211 Å². The highest BCUT2D eigenvalue weighted by atomic mass is 35.5. The van der Waals surface area contributed by atoms with Gasteiger partial charge in [-0.1, -0.05) is 42.3 Å². The van der Waals surface area contributed by atoms with Crippen molar-refractivity contribution in [3.63, 3.8) is 0 Å². The zero-order valence-corrected chi connectivity index (χ0v) is 21.4. The summed E-state index contributed by atoms with van der Waals surface area (Å²) in [5.74, 6) is -1.27. The number of amides is 2. The number of halogens is 5. The van der Waals surface area contributed by atoms with E-state index in [2.05, 4.69) is 5.32 Å². The van der Waals surface area contributed by atoms with E-state index in [0.29, 0.717) is 21.0 Å². The van der Waals surface area contributed by atoms with Crippen LogP contribution in [-0.4, -0.2) is 51.0 Å². The maximum absolute atomic E-state index is 13.4. The molecule has 1 atom stereocenters. The van der Waals surface area contributed by atoms with E-state index in [1.165, 1.54) is 11.9 Å². The van der Waals surface area contributed by atoms with Crippen molar-refractivity contribution in [1.29, 1.82) is 0 Å². The summed E-state index contributed by atoms with van der Waals surface area (Å²) in [6.45, 7) is 0.776. The molecule has 2 amide bonds. The van der Waals surface area contributed by atoms with Crippen molar-refractivity contribution in [2.45, 2.75) is 32.1 Å². The summed E-state index contributed by atoms with van der Waals surface area (Å²) in [5, 5.41) is 2.31. The minimum absolute atomic E-state index is 0.0616. The minimum Gasteiger partial charge on any atom is -0.357 e. The number of carbonyl (C=O) groups is 2. The zero-order valence-electron chi connectivity index (χ0n) is 19.1. The van der Waals surface area contributed by atoms with Crippen LogP contribution in [0, 0.1) is 0 Å². The van der Waals surface area contributed by atoms with Crippen LogP contribution in [0.3, 0.4) is 0 Å². The number of nitrogens with one attached hydrogen (secondary N) is 1. The van der Waals surface area contributed by atoms with E-state index in [4.69, 9.17) is 23.2 Å². The number of hydrogen-bond donors (Lipinski definition) is 1.